The van der Waals surface area contributed by atoms with E-state index in [1.54, 1.807) is 21.0 Å². The molecule has 0 bridgehead atoms. The van der Waals surface area contributed by atoms with Gasteiger partial charge in [0.15, 0.2) is 0 Å². The lowest BCUT2D eigenvalue weighted by Crippen LogP contribution is -2.21. The quantitative estimate of drug-likeness (QED) is 0.745. The molecule has 3 heteroatoms. The largest absolute Gasteiger partial charge is 0.497 e. The van der Waals surface area contributed by atoms with Crippen molar-refractivity contribution in [3.8, 4) is 5.75 Å². The van der Waals surface area contributed by atoms with E-state index in [1.807, 2.05) is 24.3 Å². The van der Waals surface area contributed by atoms with Crippen LogP contribution in [0.15, 0.2) is 36.4 Å². The summed E-state index contributed by atoms with van der Waals surface area (Å²) in [6.07, 6.45) is 0.593. The summed E-state index contributed by atoms with van der Waals surface area (Å²) in [5.74, 6) is 0.839. The molecule has 1 aromatic rings. The third kappa shape index (κ3) is 5.41. The fraction of sp³-hybridized carbons (Fsp3) is 0.429. The zero-order valence-electron chi connectivity index (χ0n) is 10.8. The monoisotopic (exact) mass is 235 g/mol. The summed E-state index contributed by atoms with van der Waals surface area (Å²) in [6.45, 7) is 8.17. The smallest absolute Gasteiger partial charge is 0.119 e. The highest BCUT2D eigenvalue weighted by Crippen LogP contribution is 2.17. The molecule has 0 unspecified atom stereocenters. The van der Waals surface area contributed by atoms with Crippen LogP contribution < -0.4 is 10.1 Å². The summed E-state index contributed by atoms with van der Waals surface area (Å²) in [4.78, 5) is 0. The Balaban J connectivity index is 2.42. The van der Waals surface area contributed by atoms with Crippen LogP contribution in [-0.4, -0.2) is 24.4 Å². The molecule has 0 fully saturated rings. The molecule has 0 saturated carbocycles. The lowest BCUT2D eigenvalue weighted by atomic mass is 10.00. The van der Waals surface area contributed by atoms with Gasteiger partial charge in [0.25, 0.3) is 0 Å². The number of anilines is 1. The second-order valence-corrected chi connectivity index (χ2v) is 4.82. The van der Waals surface area contributed by atoms with E-state index in [2.05, 4.69) is 11.9 Å². The topological polar surface area (TPSA) is 41.5 Å². The van der Waals surface area contributed by atoms with Gasteiger partial charge in [-0.15, -0.1) is 0 Å². The lowest BCUT2D eigenvalue weighted by Gasteiger charge is -2.19. The molecule has 0 radical (unpaired) electrons. The van der Waals surface area contributed by atoms with Gasteiger partial charge >= 0.3 is 0 Å². The Labute approximate surface area is 103 Å². The third-order valence-corrected chi connectivity index (χ3v) is 2.32. The molecular weight excluding hydrogens is 214 g/mol. The summed E-state index contributed by atoms with van der Waals surface area (Å²) in [5.41, 5.74) is 1.30. The van der Waals surface area contributed by atoms with Gasteiger partial charge in [0.1, 0.15) is 5.75 Å². The molecule has 94 valence electrons. The first-order valence-corrected chi connectivity index (χ1v) is 5.68. The molecule has 0 aromatic heterocycles. The minimum atomic E-state index is -0.696. The van der Waals surface area contributed by atoms with Gasteiger partial charge in [0.2, 0.25) is 0 Å². The molecule has 0 saturated heterocycles. The normalized spacial score (nSPS) is 11.1. The van der Waals surface area contributed by atoms with E-state index in [0.29, 0.717) is 13.0 Å². The zero-order valence-corrected chi connectivity index (χ0v) is 10.8. The van der Waals surface area contributed by atoms with Crippen LogP contribution in [-0.2, 0) is 0 Å². The number of hydrogen-bond acceptors (Lipinski definition) is 3. The molecule has 0 aliphatic carbocycles. The summed E-state index contributed by atoms with van der Waals surface area (Å²) in [5, 5.41) is 12.9. The Hall–Kier alpha value is -1.48. The average Bonchev–Trinajstić information content (AvgIpc) is 2.25. The van der Waals surface area contributed by atoms with E-state index in [1.165, 1.54) is 0 Å². The molecule has 0 spiro atoms. The number of nitrogens with one attached hydrogen (secondary N) is 1. The maximum absolute atomic E-state index is 9.65. The van der Waals surface area contributed by atoms with Crippen molar-refractivity contribution >= 4 is 5.69 Å². The van der Waals surface area contributed by atoms with Crippen molar-refractivity contribution in [2.75, 3.05) is 19.0 Å². The Morgan fingerprint density at radius 3 is 2.41 bits per heavy atom. The molecule has 0 atom stereocenters. The highest BCUT2D eigenvalue weighted by Gasteiger charge is 2.13. The van der Waals surface area contributed by atoms with E-state index in [4.69, 9.17) is 4.74 Å². The van der Waals surface area contributed by atoms with Crippen LogP contribution in [0.3, 0.4) is 0 Å². The summed E-state index contributed by atoms with van der Waals surface area (Å²) in [7, 11) is 1.65. The van der Waals surface area contributed by atoms with E-state index in [-0.39, 0.29) is 0 Å². The van der Waals surface area contributed by atoms with E-state index in [0.717, 1.165) is 17.0 Å². The average molecular weight is 235 g/mol. The minimum Gasteiger partial charge on any atom is -0.497 e. The minimum absolute atomic E-state index is 0.593. The van der Waals surface area contributed by atoms with Gasteiger partial charge in [-0.25, -0.2) is 0 Å². The van der Waals surface area contributed by atoms with Crippen molar-refractivity contribution in [2.45, 2.75) is 25.9 Å². The predicted molar refractivity (Wildman–Crippen MR) is 71.5 cm³/mol. The van der Waals surface area contributed by atoms with Crippen molar-refractivity contribution in [3.05, 3.63) is 36.4 Å². The van der Waals surface area contributed by atoms with Crippen LogP contribution in [0.1, 0.15) is 20.3 Å². The van der Waals surface area contributed by atoms with Gasteiger partial charge < -0.3 is 15.2 Å². The second-order valence-electron chi connectivity index (χ2n) is 4.82. The number of benzene rings is 1. The van der Waals surface area contributed by atoms with E-state index in [9.17, 15) is 5.11 Å². The molecule has 0 aliphatic rings. The van der Waals surface area contributed by atoms with Crippen molar-refractivity contribution < 1.29 is 9.84 Å². The van der Waals surface area contributed by atoms with Crippen LogP contribution in [0, 0.1) is 0 Å². The standard InChI is InChI=1S/C14H21NO2/c1-11(9-14(2,3)16)10-15-12-5-7-13(17-4)8-6-12/h5-8,15-16H,1,9-10H2,2-4H3. The lowest BCUT2D eigenvalue weighted by molar-refractivity contribution is 0.0809. The van der Waals surface area contributed by atoms with Gasteiger partial charge in [0.05, 0.1) is 12.7 Å². The van der Waals surface area contributed by atoms with E-state index < -0.39 is 5.60 Å². The number of methoxy groups -OCH3 is 1. The van der Waals surface area contributed by atoms with Gasteiger partial charge in [-0.3, -0.25) is 0 Å². The number of hydrogen-bond donors (Lipinski definition) is 2. The van der Waals surface area contributed by atoms with Gasteiger partial charge in [-0.1, -0.05) is 12.2 Å². The van der Waals surface area contributed by atoms with Crippen molar-refractivity contribution in [3.63, 3.8) is 0 Å². The fourth-order valence-electron chi connectivity index (χ4n) is 1.61. The Bertz CT molecular complexity index is 363. The van der Waals surface area contributed by atoms with Gasteiger partial charge in [0, 0.05) is 12.2 Å². The molecule has 3 nitrogen and oxygen atoms in total. The Morgan fingerprint density at radius 2 is 1.94 bits per heavy atom. The van der Waals surface area contributed by atoms with Crippen LogP contribution in [0.2, 0.25) is 0 Å². The summed E-state index contributed by atoms with van der Waals surface area (Å²) in [6, 6.07) is 7.72. The Morgan fingerprint density at radius 1 is 1.35 bits per heavy atom. The molecule has 2 N–H and O–H groups in total. The second kappa shape index (κ2) is 5.73. The number of aliphatic hydroxyl groups is 1. The number of ether oxygens (including phenoxy) is 1. The van der Waals surface area contributed by atoms with Crippen molar-refractivity contribution in [2.24, 2.45) is 0 Å². The van der Waals surface area contributed by atoms with Gasteiger partial charge in [-0.05, 0) is 44.5 Å². The molecule has 1 rings (SSSR count). The SMILES string of the molecule is C=C(CNc1ccc(OC)cc1)CC(C)(C)O. The molecular formula is C14H21NO2. The first-order chi connectivity index (χ1) is 7.90. The third-order valence-electron chi connectivity index (χ3n) is 2.32. The molecule has 0 aliphatic heterocycles. The maximum atomic E-state index is 9.65. The molecule has 0 heterocycles. The fourth-order valence-corrected chi connectivity index (χ4v) is 1.61. The Kier molecular flexibility index (Phi) is 4.58. The first-order valence-electron chi connectivity index (χ1n) is 5.68. The molecule has 17 heavy (non-hydrogen) atoms. The van der Waals surface area contributed by atoms with Crippen LogP contribution in [0.25, 0.3) is 0 Å². The highest BCUT2D eigenvalue weighted by molar-refractivity contribution is 5.47. The molecule has 1 aromatic carbocycles. The summed E-state index contributed by atoms with van der Waals surface area (Å²) < 4.78 is 5.08. The molecule has 0 amide bonds. The zero-order chi connectivity index (χ0) is 12.9. The summed E-state index contributed by atoms with van der Waals surface area (Å²) >= 11 is 0. The van der Waals surface area contributed by atoms with Crippen LogP contribution in [0.5, 0.6) is 5.75 Å². The highest BCUT2D eigenvalue weighted by atomic mass is 16.5. The van der Waals surface area contributed by atoms with Gasteiger partial charge in [-0.2, -0.15) is 0 Å². The maximum Gasteiger partial charge on any atom is 0.119 e. The van der Waals surface area contributed by atoms with Crippen LogP contribution >= 0.6 is 0 Å². The van der Waals surface area contributed by atoms with E-state index >= 15 is 0 Å². The van der Waals surface area contributed by atoms with Crippen molar-refractivity contribution in [1.29, 1.82) is 0 Å². The van der Waals surface area contributed by atoms with Crippen LogP contribution in [0.4, 0.5) is 5.69 Å². The first kappa shape index (κ1) is 13.6. The number of rotatable bonds is 6. The van der Waals surface area contributed by atoms with Crippen molar-refractivity contribution in [1.82, 2.24) is 0 Å². The predicted octanol–water partition coefficient (Wildman–Crippen LogP) is 2.82.